The van der Waals surface area contributed by atoms with Crippen LogP contribution in [0.3, 0.4) is 0 Å². The number of carbonyl (C=O) groups is 1. The molecule has 3 N–H and O–H groups in total. The lowest BCUT2D eigenvalue weighted by Crippen LogP contribution is -2.13. The molecule has 0 heterocycles. The van der Waals surface area contributed by atoms with Crippen molar-refractivity contribution < 1.29 is 17.9 Å². The molecule has 19 heavy (non-hydrogen) atoms. The molecule has 0 fully saturated rings. The summed E-state index contributed by atoms with van der Waals surface area (Å²) in [7, 11) is -3.36. The minimum Gasteiger partial charge on any atom is -0.466 e. The summed E-state index contributed by atoms with van der Waals surface area (Å²) < 4.78 is 27.8. The highest BCUT2D eigenvalue weighted by atomic mass is 32.2. The first-order chi connectivity index (χ1) is 8.86. The summed E-state index contributed by atoms with van der Waals surface area (Å²) in [6.07, 6.45) is 1.29. The number of nitrogens with one attached hydrogen (secondary N) is 1. The van der Waals surface area contributed by atoms with E-state index in [1.807, 2.05) is 0 Å². The van der Waals surface area contributed by atoms with Gasteiger partial charge in [-0.05, 0) is 19.1 Å². The van der Waals surface area contributed by atoms with Crippen molar-refractivity contribution in [1.82, 2.24) is 0 Å². The number of hydrogen-bond donors (Lipinski definition) is 2. The van der Waals surface area contributed by atoms with Crippen LogP contribution in [0.5, 0.6) is 0 Å². The average molecular weight is 286 g/mol. The smallest absolute Gasteiger partial charge is 0.307 e. The lowest BCUT2D eigenvalue weighted by Gasteiger charge is -2.11. The Morgan fingerprint density at radius 3 is 2.68 bits per heavy atom. The second-order valence-corrected chi connectivity index (χ2v) is 5.96. The Balaban J connectivity index is 2.73. The number of esters is 1. The number of carbonyl (C=O) groups excluding carboxylic acids is 1. The first-order valence-corrected chi connectivity index (χ1v) is 7.73. The SMILES string of the molecule is CCOC(=O)CCNc1cccc(S(C)(=O)=O)c1N. The first kappa shape index (κ1) is 15.3. The van der Waals surface area contributed by atoms with Gasteiger partial charge in [0.15, 0.2) is 9.84 Å². The second-order valence-electron chi connectivity index (χ2n) is 3.97. The zero-order chi connectivity index (χ0) is 14.5. The lowest BCUT2D eigenvalue weighted by atomic mass is 10.2. The number of nitrogens with two attached hydrogens (primary N) is 1. The van der Waals surface area contributed by atoms with Crippen LogP contribution in [-0.2, 0) is 19.4 Å². The number of hydrogen-bond acceptors (Lipinski definition) is 6. The van der Waals surface area contributed by atoms with E-state index in [1.54, 1.807) is 19.1 Å². The van der Waals surface area contributed by atoms with E-state index in [0.29, 0.717) is 18.8 Å². The monoisotopic (exact) mass is 286 g/mol. The van der Waals surface area contributed by atoms with Gasteiger partial charge in [0, 0.05) is 12.8 Å². The predicted molar refractivity (Wildman–Crippen MR) is 73.7 cm³/mol. The maximum absolute atomic E-state index is 11.5. The molecule has 0 spiro atoms. The Morgan fingerprint density at radius 1 is 1.42 bits per heavy atom. The minimum atomic E-state index is -3.36. The summed E-state index contributed by atoms with van der Waals surface area (Å²) in [6, 6.07) is 4.70. The van der Waals surface area contributed by atoms with Crippen LogP contribution >= 0.6 is 0 Å². The quantitative estimate of drug-likeness (QED) is 0.599. The first-order valence-electron chi connectivity index (χ1n) is 5.84. The van der Waals surface area contributed by atoms with Crippen LogP contribution < -0.4 is 11.1 Å². The van der Waals surface area contributed by atoms with E-state index in [4.69, 9.17) is 10.5 Å². The lowest BCUT2D eigenvalue weighted by molar-refractivity contribution is -0.142. The molecule has 0 aliphatic carbocycles. The van der Waals surface area contributed by atoms with Gasteiger partial charge < -0.3 is 15.8 Å². The van der Waals surface area contributed by atoms with Crippen molar-refractivity contribution in [2.24, 2.45) is 0 Å². The van der Waals surface area contributed by atoms with Gasteiger partial charge in [0.25, 0.3) is 0 Å². The Bertz CT molecular complexity index is 555. The van der Waals surface area contributed by atoms with Crippen LogP contribution in [0.4, 0.5) is 11.4 Å². The molecule has 106 valence electrons. The van der Waals surface area contributed by atoms with Gasteiger partial charge in [-0.15, -0.1) is 0 Å². The zero-order valence-corrected chi connectivity index (χ0v) is 11.8. The third-order valence-electron chi connectivity index (χ3n) is 2.42. The summed E-state index contributed by atoms with van der Waals surface area (Å²) in [5.74, 6) is -0.312. The Hall–Kier alpha value is -1.76. The van der Waals surface area contributed by atoms with E-state index >= 15 is 0 Å². The third-order valence-corrected chi connectivity index (χ3v) is 3.57. The molecule has 0 unspecified atom stereocenters. The molecule has 0 aliphatic heterocycles. The molecule has 0 atom stereocenters. The standard InChI is InChI=1S/C12H18N2O4S/c1-3-18-11(15)7-8-14-9-5-4-6-10(12(9)13)19(2,16)17/h4-6,14H,3,7-8,13H2,1-2H3. The summed E-state index contributed by atoms with van der Waals surface area (Å²) in [4.78, 5) is 11.2. The predicted octanol–water partition coefficient (Wildman–Crippen LogP) is 1.04. The fourth-order valence-corrected chi connectivity index (χ4v) is 2.39. The van der Waals surface area contributed by atoms with E-state index in [1.165, 1.54) is 6.07 Å². The van der Waals surface area contributed by atoms with Gasteiger partial charge in [0.1, 0.15) is 0 Å². The summed E-state index contributed by atoms with van der Waals surface area (Å²) >= 11 is 0. The van der Waals surface area contributed by atoms with Crippen molar-refractivity contribution in [3.63, 3.8) is 0 Å². The van der Waals surface area contributed by atoms with Crippen molar-refractivity contribution in [2.45, 2.75) is 18.2 Å². The normalized spacial score (nSPS) is 11.1. The van der Waals surface area contributed by atoms with Gasteiger partial charge in [-0.3, -0.25) is 4.79 Å². The van der Waals surface area contributed by atoms with E-state index < -0.39 is 9.84 Å². The molecule has 0 saturated carbocycles. The molecule has 6 nitrogen and oxygen atoms in total. The van der Waals surface area contributed by atoms with Crippen LogP contribution in [0.2, 0.25) is 0 Å². The number of ether oxygens (including phenoxy) is 1. The number of rotatable bonds is 6. The molecule has 1 rings (SSSR count). The second kappa shape index (κ2) is 6.42. The van der Waals surface area contributed by atoms with Crippen LogP contribution in [-0.4, -0.2) is 33.8 Å². The molecule has 1 aromatic carbocycles. The molecule has 0 saturated heterocycles. The van der Waals surface area contributed by atoms with Crippen molar-refractivity contribution in [3.05, 3.63) is 18.2 Å². The molecular weight excluding hydrogens is 268 g/mol. The Labute approximate surface area is 112 Å². The Morgan fingerprint density at radius 2 is 2.11 bits per heavy atom. The number of para-hydroxylation sites is 1. The van der Waals surface area contributed by atoms with Crippen LogP contribution in [0.15, 0.2) is 23.1 Å². The molecule has 0 radical (unpaired) electrons. The van der Waals surface area contributed by atoms with Gasteiger partial charge in [-0.25, -0.2) is 8.42 Å². The van der Waals surface area contributed by atoms with Gasteiger partial charge in [-0.2, -0.15) is 0 Å². The van der Waals surface area contributed by atoms with Crippen LogP contribution in [0.1, 0.15) is 13.3 Å². The maximum atomic E-state index is 11.5. The highest BCUT2D eigenvalue weighted by Crippen LogP contribution is 2.26. The van der Waals surface area contributed by atoms with Crippen LogP contribution in [0, 0.1) is 0 Å². The van der Waals surface area contributed by atoms with Gasteiger partial charge in [0.05, 0.1) is 29.3 Å². The molecular formula is C12H18N2O4S. The van der Waals surface area contributed by atoms with E-state index in [2.05, 4.69) is 5.32 Å². The zero-order valence-electron chi connectivity index (χ0n) is 11.0. The summed E-state index contributed by atoms with van der Waals surface area (Å²) in [5, 5.41) is 2.92. The van der Waals surface area contributed by atoms with Crippen molar-refractivity contribution in [3.8, 4) is 0 Å². The van der Waals surface area contributed by atoms with E-state index in [0.717, 1.165) is 6.26 Å². The van der Waals surface area contributed by atoms with Gasteiger partial charge in [0.2, 0.25) is 0 Å². The number of anilines is 2. The topological polar surface area (TPSA) is 98.5 Å². The highest BCUT2D eigenvalue weighted by Gasteiger charge is 2.14. The molecule has 1 aromatic rings. The van der Waals surface area contributed by atoms with E-state index in [-0.39, 0.29) is 23.0 Å². The summed E-state index contributed by atoms with van der Waals surface area (Å²) in [5.41, 5.74) is 6.44. The number of sulfone groups is 1. The molecule has 0 amide bonds. The van der Waals surface area contributed by atoms with Crippen molar-refractivity contribution in [2.75, 3.05) is 30.5 Å². The fraction of sp³-hybridized carbons (Fsp3) is 0.417. The van der Waals surface area contributed by atoms with Crippen LogP contribution in [0.25, 0.3) is 0 Å². The molecule has 0 aromatic heterocycles. The highest BCUT2D eigenvalue weighted by molar-refractivity contribution is 7.90. The van der Waals surface area contributed by atoms with E-state index in [9.17, 15) is 13.2 Å². The van der Waals surface area contributed by atoms with Gasteiger partial charge in [-0.1, -0.05) is 6.07 Å². The average Bonchev–Trinajstić information content (AvgIpc) is 2.30. The number of nitrogen functional groups attached to an aromatic ring is 1. The number of benzene rings is 1. The van der Waals surface area contributed by atoms with Crippen molar-refractivity contribution >= 4 is 27.2 Å². The molecule has 0 bridgehead atoms. The Kier molecular flexibility index (Phi) is 5.17. The molecule has 0 aliphatic rings. The molecule has 7 heteroatoms. The fourth-order valence-electron chi connectivity index (χ4n) is 1.55. The minimum absolute atomic E-state index is 0.0774. The largest absolute Gasteiger partial charge is 0.466 e. The van der Waals surface area contributed by atoms with Crippen molar-refractivity contribution in [1.29, 1.82) is 0 Å². The van der Waals surface area contributed by atoms with Gasteiger partial charge >= 0.3 is 5.97 Å². The summed E-state index contributed by atoms with van der Waals surface area (Å²) in [6.45, 7) is 2.40. The third kappa shape index (κ3) is 4.44. The maximum Gasteiger partial charge on any atom is 0.307 e.